The molecule has 126 valence electrons. The molecule has 1 N–H and O–H groups in total. The van der Waals surface area contributed by atoms with E-state index in [-0.39, 0.29) is 5.91 Å². The molecule has 0 aliphatic heterocycles. The lowest BCUT2D eigenvalue weighted by atomic mass is 10.3. The Morgan fingerprint density at radius 1 is 1.12 bits per heavy atom. The molecule has 0 aliphatic carbocycles. The molecule has 0 radical (unpaired) electrons. The molecule has 0 saturated heterocycles. The zero-order valence-corrected chi connectivity index (χ0v) is 15.9. The van der Waals surface area contributed by atoms with Crippen LogP contribution in [-0.4, -0.2) is 21.6 Å². The number of anilines is 1. The molecule has 2 heterocycles. The molecule has 0 unspecified atom stereocenters. The molecule has 0 aliphatic rings. The second-order valence-electron chi connectivity index (χ2n) is 5.47. The Bertz CT molecular complexity index is 1040. The van der Waals surface area contributed by atoms with Crippen LogP contribution >= 0.6 is 34.4 Å². The van der Waals surface area contributed by atoms with E-state index in [1.165, 1.54) is 16.2 Å². The van der Waals surface area contributed by atoms with E-state index < -0.39 is 0 Å². The summed E-state index contributed by atoms with van der Waals surface area (Å²) in [5, 5.41) is 4.60. The fraction of sp³-hybridized carbons (Fsp3) is 0.167. The third kappa shape index (κ3) is 3.68. The zero-order valence-electron chi connectivity index (χ0n) is 13.5. The maximum Gasteiger partial charge on any atom is 0.226 e. The monoisotopic (exact) mass is 385 g/mol. The molecular formula is C18H15N3OS3. The minimum Gasteiger partial charge on any atom is -0.302 e. The van der Waals surface area contributed by atoms with Crippen LogP contribution in [0.3, 0.4) is 0 Å². The van der Waals surface area contributed by atoms with Gasteiger partial charge in [0.25, 0.3) is 0 Å². The number of nitrogens with one attached hydrogen (secondary N) is 1. The van der Waals surface area contributed by atoms with Gasteiger partial charge < -0.3 is 5.32 Å². The lowest BCUT2D eigenvalue weighted by Crippen LogP contribution is -2.11. The first kappa shape index (κ1) is 16.5. The predicted octanol–water partition coefficient (Wildman–Crippen LogP) is 5.34. The van der Waals surface area contributed by atoms with E-state index in [9.17, 15) is 4.79 Å². The number of fused-ring (bicyclic) bond motifs is 3. The number of carbonyl (C=O) groups excluding carboxylic acids is 1. The van der Waals surface area contributed by atoms with Gasteiger partial charge in [0.1, 0.15) is 5.52 Å². The molecule has 7 heteroatoms. The molecule has 0 saturated carbocycles. The number of amides is 1. The van der Waals surface area contributed by atoms with E-state index in [0.29, 0.717) is 11.6 Å². The molecule has 0 bridgehead atoms. The molecule has 1 amide bonds. The lowest BCUT2D eigenvalue weighted by Gasteiger charge is -2.02. The van der Waals surface area contributed by atoms with E-state index in [2.05, 4.69) is 27.4 Å². The minimum atomic E-state index is -0.00631. The van der Waals surface area contributed by atoms with Crippen LogP contribution in [0.1, 0.15) is 11.4 Å². The van der Waals surface area contributed by atoms with E-state index >= 15 is 0 Å². The number of hydrogen-bond donors (Lipinski definition) is 1. The van der Waals surface area contributed by atoms with Gasteiger partial charge in [-0.2, -0.15) is 0 Å². The average Bonchev–Trinajstić information content (AvgIpc) is 3.17. The second kappa shape index (κ2) is 7.11. The molecule has 0 fully saturated rings. The quantitative estimate of drug-likeness (QED) is 0.471. The van der Waals surface area contributed by atoms with Crippen LogP contribution in [0.5, 0.6) is 0 Å². The third-order valence-corrected chi connectivity index (χ3v) is 6.55. The van der Waals surface area contributed by atoms with Gasteiger partial charge in [0.05, 0.1) is 19.9 Å². The van der Waals surface area contributed by atoms with Crippen LogP contribution < -0.4 is 5.32 Å². The van der Waals surface area contributed by atoms with Gasteiger partial charge >= 0.3 is 0 Å². The van der Waals surface area contributed by atoms with Crippen molar-refractivity contribution in [1.82, 2.24) is 9.97 Å². The largest absolute Gasteiger partial charge is 0.302 e. The van der Waals surface area contributed by atoms with Crippen LogP contribution in [0.4, 0.5) is 5.13 Å². The Balaban J connectivity index is 1.43. The molecule has 4 rings (SSSR count). The highest BCUT2D eigenvalue weighted by Crippen LogP contribution is 2.34. The van der Waals surface area contributed by atoms with Crippen LogP contribution in [0.25, 0.3) is 20.4 Å². The molecular weight excluding hydrogens is 370 g/mol. The first-order chi connectivity index (χ1) is 12.2. The third-order valence-electron chi connectivity index (χ3n) is 3.61. The lowest BCUT2D eigenvalue weighted by molar-refractivity contribution is -0.115. The number of thioether (sulfide) groups is 1. The van der Waals surface area contributed by atoms with Crippen LogP contribution in [0.15, 0.2) is 47.4 Å². The van der Waals surface area contributed by atoms with Gasteiger partial charge in [0.2, 0.25) is 5.91 Å². The maximum absolute atomic E-state index is 12.2. The number of nitrogens with zero attached hydrogens (tertiary/aromatic N) is 2. The Morgan fingerprint density at radius 3 is 2.80 bits per heavy atom. The molecule has 0 atom stereocenters. The summed E-state index contributed by atoms with van der Waals surface area (Å²) in [6.45, 7) is 2.00. The van der Waals surface area contributed by atoms with Crippen molar-refractivity contribution in [2.75, 3.05) is 11.1 Å². The van der Waals surface area contributed by atoms with Gasteiger partial charge in [-0.05, 0) is 31.2 Å². The van der Waals surface area contributed by atoms with Crippen molar-refractivity contribution in [3.8, 4) is 0 Å². The van der Waals surface area contributed by atoms with Crippen molar-refractivity contribution in [1.29, 1.82) is 0 Å². The van der Waals surface area contributed by atoms with Crippen molar-refractivity contribution < 1.29 is 4.79 Å². The fourth-order valence-corrected chi connectivity index (χ4v) is 5.25. The van der Waals surface area contributed by atoms with Crippen LogP contribution in [-0.2, 0) is 4.79 Å². The molecule has 0 spiro atoms. The molecule has 25 heavy (non-hydrogen) atoms. The maximum atomic E-state index is 12.2. The number of thiazole rings is 2. The van der Waals surface area contributed by atoms with E-state index in [0.717, 1.165) is 31.2 Å². The summed E-state index contributed by atoms with van der Waals surface area (Å²) in [5.74, 6) is 0.740. The number of rotatable bonds is 5. The summed E-state index contributed by atoms with van der Waals surface area (Å²) in [4.78, 5) is 22.5. The summed E-state index contributed by atoms with van der Waals surface area (Å²) < 4.78 is 2.20. The first-order valence-corrected chi connectivity index (χ1v) is 10.5. The van der Waals surface area contributed by atoms with Crippen molar-refractivity contribution in [2.24, 2.45) is 0 Å². The van der Waals surface area contributed by atoms with E-state index in [1.807, 2.05) is 37.3 Å². The first-order valence-electron chi connectivity index (χ1n) is 7.83. The van der Waals surface area contributed by atoms with Gasteiger partial charge in [0, 0.05) is 17.1 Å². The summed E-state index contributed by atoms with van der Waals surface area (Å²) in [6, 6.07) is 14.1. The van der Waals surface area contributed by atoms with Gasteiger partial charge in [-0.3, -0.25) is 4.79 Å². The van der Waals surface area contributed by atoms with Gasteiger partial charge in [-0.15, -0.1) is 23.1 Å². The highest BCUT2D eigenvalue weighted by Gasteiger charge is 2.12. The fourth-order valence-electron chi connectivity index (χ4n) is 2.50. The van der Waals surface area contributed by atoms with E-state index in [1.54, 1.807) is 23.1 Å². The van der Waals surface area contributed by atoms with Gasteiger partial charge in [-0.1, -0.05) is 29.5 Å². The number of aryl methyl sites for hydroxylation is 1. The standard InChI is InChI=1S/C18H15N3OS3/c1-11-19-16-14(24-11)8-7-13-17(16)25-18(20-13)21-15(22)9-10-23-12-5-3-2-4-6-12/h2-8H,9-10H2,1H3,(H,20,21,22). The van der Waals surface area contributed by atoms with Crippen molar-refractivity contribution in [2.45, 2.75) is 18.2 Å². The molecule has 2 aromatic heterocycles. The Hall–Kier alpha value is -1.96. The second-order valence-corrected chi connectivity index (χ2v) is 8.87. The zero-order chi connectivity index (χ0) is 17.2. The highest BCUT2D eigenvalue weighted by atomic mass is 32.2. The predicted molar refractivity (Wildman–Crippen MR) is 108 cm³/mol. The van der Waals surface area contributed by atoms with Crippen LogP contribution in [0.2, 0.25) is 0 Å². The van der Waals surface area contributed by atoms with Crippen molar-refractivity contribution in [3.05, 3.63) is 47.5 Å². The Kier molecular flexibility index (Phi) is 4.70. The van der Waals surface area contributed by atoms with Crippen molar-refractivity contribution >= 4 is 65.9 Å². The topological polar surface area (TPSA) is 54.9 Å². The molecule has 4 nitrogen and oxygen atoms in total. The summed E-state index contributed by atoms with van der Waals surface area (Å²) >= 11 is 4.85. The molecule has 4 aromatic rings. The smallest absolute Gasteiger partial charge is 0.226 e. The number of aromatic nitrogens is 2. The molecule has 2 aromatic carbocycles. The SMILES string of the molecule is Cc1nc2c(ccc3nc(NC(=O)CCSc4ccccc4)sc32)s1. The van der Waals surface area contributed by atoms with E-state index in [4.69, 9.17) is 0 Å². The highest BCUT2D eigenvalue weighted by molar-refractivity contribution is 7.99. The van der Waals surface area contributed by atoms with Gasteiger partial charge in [0.15, 0.2) is 5.13 Å². The summed E-state index contributed by atoms with van der Waals surface area (Å²) in [7, 11) is 0. The number of benzene rings is 2. The van der Waals surface area contributed by atoms with Crippen molar-refractivity contribution in [3.63, 3.8) is 0 Å². The normalized spacial score (nSPS) is 11.2. The Morgan fingerprint density at radius 2 is 1.96 bits per heavy atom. The number of carbonyl (C=O) groups is 1. The number of hydrogen-bond acceptors (Lipinski definition) is 6. The summed E-state index contributed by atoms with van der Waals surface area (Å²) in [6.07, 6.45) is 0.459. The average molecular weight is 386 g/mol. The summed E-state index contributed by atoms with van der Waals surface area (Å²) in [5.41, 5.74) is 1.87. The minimum absolute atomic E-state index is 0.00631. The van der Waals surface area contributed by atoms with Crippen LogP contribution in [0, 0.1) is 6.92 Å². The Labute approximate surface area is 157 Å². The van der Waals surface area contributed by atoms with Gasteiger partial charge in [-0.25, -0.2) is 9.97 Å².